The fourth-order valence-electron chi connectivity index (χ4n) is 1.60. The first-order valence-electron chi connectivity index (χ1n) is 6.46. The summed E-state index contributed by atoms with van der Waals surface area (Å²) in [5.74, 6) is 0.713. The number of hydrogen-bond acceptors (Lipinski definition) is 7. The summed E-state index contributed by atoms with van der Waals surface area (Å²) in [7, 11) is 3.08. The predicted molar refractivity (Wildman–Crippen MR) is 79.2 cm³/mol. The molecule has 0 bridgehead atoms. The summed E-state index contributed by atoms with van der Waals surface area (Å²) < 4.78 is 10.6. The van der Waals surface area contributed by atoms with Crippen LogP contribution in [0.1, 0.15) is 5.76 Å². The number of carbonyl (C=O) groups is 2. The highest BCUT2D eigenvalue weighted by molar-refractivity contribution is 7.99. The standard InChI is InChI=1S/C13H16N4O4S/c1-8-9(4-5-20-8)12-15-16-13(21-12)22-7-11(19)17(3)6-10(18)14-2/h4-5H,6-7H2,1-3H3,(H,14,18). The van der Waals surface area contributed by atoms with Crippen LogP contribution in [0.2, 0.25) is 0 Å². The molecule has 0 atom stereocenters. The van der Waals surface area contributed by atoms with Gasteiger partial charge in [-0.3, -0.25) is 9.59 Å². The van der Waals surface area contributed by atoms with E-state index in [4.69, 9.17) is 8.83 Å². The van der Waals surface area contributed by atoms with E-state index in [2.05, 4.69) is 15.5 Å². The van der Waals surface area contributed by atoms with Crippen molar-refractivity contribution < 1.29 is 18.4 Å². The van der Waals surface area contributed by atoms with Gasteiger partial charge in [-0.2, -0.15) is 0 Å². The van der Waals surface area contributed by atoms with Crippen molar-refractivity contribution in [2.45, 2.75) is 12.1 Å². The molecule has 2 heterocycles. The second-order valence-electron chi connectivity index (χ2n) is 4.48. The molecule has 2 aromatic heterocycles. The summed E-state index contributed by atoms with van der Waals surface area (Å²) in [6, 6.07) is 1.74. The SMILES string of the molecule is CNC(=O)CN(C)C(=O)CSc1nnc(-c2ccoc2C)o1. The number of aryl methyl sites for hydroxylation is 1. The minimum absolute atomic E-state index is 0.0131. The molecular formula is C13H16N4O4S. The van der Waals surface area contributed by atoms with E-state index in [9.17, 15) is 9.59 Å². The predicted octanol–water partition coefficient (Wildman–Crippen LogP) is 0.935. The van der Waals surface area contributed by atoms with Crippen LogP contribution in [0, 0.1) is 6.92 Å². The number of rotatable bonds is 6. The maximum atomic E-state index is 11.9. The van der Waals surface area contributed by atoms with Gasteiger partial charge in [-0.1, -0.05) is 11.8 Å². The molecular weight excluding hydrogens is 308 g/mol. The van der Waals surface area contributed by atoms with E-state index in [1.54, 1.807) is 26.3 Å². The van der Waals surface area contributed by atoms with Gasteiger partial charge in [0.15, 0.2) is 0 Å². The Morgan fingerprint density at radius 3 is 2.82 bits per heavy atom. The lowest BCUT2D eigenvalue weighted by Crippen LogP contribution is -2.37. The van der Waals surface area contributed by atoms with Crippen LogP contribution in [-0.4, -0.2) is 53.3 Å². The van der Waals surface area contributed by atoms with Gasteiger partial charge in [-0.25, -0.2) is 0 Å². The smallest absolute Gasteiger partial charge is 0.277 e. The van der Waals surface area contributed by atoms with Gasteiger partial charge in [0, 0.05) is 14.1 Å². The molecule has 0 saturated heterocycles. The molecule has 0 radical (unpaired) electrons. The zero-order chi connectivity index (χ0) is 16.1. The third-order valence-corrected chi connectivity index (χ3v) is 3.70. The van der Waals surface area contributed by atoms with E-state index in [1.807, 2.05) is 0 Å². The third kappa shape index (κ3) is 3.88. The highest BCUT2D eigenvalue weighted by atomic mass is 32.2. The highest BCUT2D eigenvalue weighted by Gasteiger charge is 2.16. The molecule has 0 spiro atoms. The van der Waals surface area contributed by atoms with E-state index >= 15 is 0 Å². The number of hydrogen-bond donors (Lipinski definition) is 1. The van der Waals surface area contributed by atoms with Crippen LogP contribution in [-0.2, 0) is 9.59 Å². The van der Waals surface area contributed by atoms with Crippen molar-refractivity contribution in [2.75, 3.05) is 26.4 Å². The van der Waals surface area contributed by atoms with E-state index in [-0.39, 0.29) is 29.3 Å². The van der Waals surface area contributed by atoms with Gasteiger partial charge in [0.05, 0.1) is 24.1 Å². The summed E-state index contributed by atoms with van der Waals surface area (Å²) in [4.78, 5) is 24.4. The van der Waals surface area contributed by atoms with Crippen molar-refractivity contribution in [2.24, 2.45) is 0 Å². The van der Waals surface area contributed by atoms with E-state index in [1.165, 1.54) is 11.9 Å². The molecule has 0 aromatic carbocycles. The number of nitrogens with zero attached hydrogens (tertiary/aromatic N) is 3. The minimum atomic E-state index is -0.226. The molecule has 0 unspecified atom stereocenters. The van der Waals surface area contributed by atoms with Crippen LogP contribution in [0.25, 0.3) is 11.5 Å². The minimum Gasteiger partial charge on any atom is -0.469 e. The molecule has 0 saturated carbocycles. The van der Waals surface area contributed by atoms with Gasteiger partial charge in [-0.15, -0.1) is 10.2 Å². The van der Waals surface area contributed by atoms with Crippen LogP contribution in [0.15, 0.2) is 26.4 Å². The third-order valence-electron chi connectivity index (χ3n) is 2.90. The first-order chi connectivity index (χ1) is 10.5. The molecule has 8 nitrogen and oxygen atoms in total. The van der Waals surface area contributed by atoms with Crippen molar-refractivity contribution >= 4 is 23.6 Å². The molecule has 0 fully saturated rings. The van der Waals surface area contributed by atoms with Gasteiger partial charge in [-0.05, 0) is 13.0 Å². The Morgan fingerprint density at radius 1 is 1.41 bits per heavy atom. The van der Waals surface area contributed by atoms with Gasteiger partial charge in [0.2, 0.25) is 11.8 Å². The average Bonchev–Trinajstić information content (AvgIpc) is 3.12. The van der Waals surface area contributed by atoms with E-state index < -0.39 is 0 Å². The molecule has 0 aliphatic carbocycles. The molecule has 2 rings (SSSR count). The Labute approximate surface area is 131 Å². The monoisotopic (exact) mass is 324 g/mol. The summed E-state index contributed by atoms with van der Waals surface area (Å²) in [5.41, 5.74) is 0.724. The Hall–Kier alpha value is -2.29. The lowest BCUT2D eigenvalue weighted by molar-refractivity contribution is -0.132. The number of thioether (sulfide) groups is 1. The van der Waals surface area contributed by atoms with Gasteiger partial charge < -0.3 is 19.1 Å². The van der Waals surface area contributed by atoms with Crippen molar-refractivity contribution in [3.05, 3.63) is 18.1 Å². The highest BCUT2D eigenvalue weighted by Crippen LogP contribution is 2.26. The largest absolute Gasteiger partial charge is 0.469 e. The van der Waals surface area contributed by atoms with Gasteiger partial charge >= 0.3 is 0 Å². The van der Waals surface area contributed by atoms with E-state index in [0.717, 1.165) is 17.3 Å². The Balaban J connectivity index is 1.90. The molecule has 2 aromatic rings. The summed E-state index contributed by atoms with van der Waals surface area (Å²) in [6.07, 6.45) is 1.54. The Kier molecular flexibility index (Phi) is 5.21. The topological polar surface area (TPSA) is 101 Å². The average molecular weight is 324 g/mol. The number of nitrogens with one attached hydrogen (secondary N) is 1. The first kappa shape index (κ1) is 16.1. The van der Waals surface area contributed by atoms with Crippen LogP contribution in [0.3, 0.4) is 0 Å². The zero-order valence-corrected chi connectivity index (χ0v) is 13.3. The van der Waals surface area contributed by atoms with Crippen molar-refractivity contribution in [3.8, 4) is 11.5 Å². The molecule has 2 amide bonds. The Morgan fingerprint density at radius 2 is 2.18 bits per heavy atom. The van der Waals surface area contributed by atoms with Crippen LogP contribution < -0.4 is 5.32 Å². The maximum absolute atomic E-state index is 11.9. The van der Waals surface area contributed by atoms with Crippen molar-refractivity contribution in [3.63, 3.8) is 0 Å². The number of furan rings is 1. The molecule has 9 heteroatoms. The van der Waals surface area contributed by atoms with Crippen molar-refractivity contribution in [1.82, 2.24) is 20.4 Å². The molecule has 1 N–H and O–H groups in total. The lowest BCUT2D eigenvalue weighted by Gasteiger charge is -2.14. The molecule has 0 aliphatic heterocycles. The summed E-state index contributed by atoms with van der Waals surface area (Å²) in [6.45, 7) is 1.81. The van der Waals surface area contributed by atoms with Crippen molar-refractivity contribution in [1.29, 1.82) is 0 Å². The zero-order valence-electron chi connectivity index (χ0n) is 12.5. The summed E-state index contributed by atoms with van der Waals surface area (Å²) in [5, 5.41) is 10.5. The number of amides is 2. The normalized spacial score (nSPS) is 10.5. The second kappa shape index (κ2) is 7.12. The maximum Gasteiger partial charge on any atom is 0.277 e. The molecule has 22 heavy (non-hydrogen) atoms. The molecule has 0 aliphatic rings. The Bertz CT molecular complexity index is 667. The second-order valence-corrected chi connectivity index (χ2v) is 5.40. The van der Waals surface area contributed by atoms with Crippen LogP contribution in [0.4, 0.5) is 0 Å². The number of carbonyl (C=O) groups excluding carboxylic acids is 2. The lowest BCUT2D eigenvalue weighted by atomic mass is 10.3. The fraction of sp³-hybridized carbons (Fsp3) is 0.385. The van der Waals surface area contributed by atoms with E-state index in [0.29, 0.717) is 11.7 Å². The fourth-order valence-corrected chi connectivity index (χ4v) is 2.30. The first-order valence-corrected chi connectivity index (χ1v) is 7.45. The number of aromatic nitrogens is 2. The van der Waals surface area contributed by atoms with Crippen LogP contribution >= 0.6 is 11.8 Å². The van der Waals surface area contributed by atoms with Crippen LogP contribution in [0.5, 0.6) is 0 Å². The molecule has 118 valence electrons. The van der Waals surface area contributed by atoms with Gasteiger partial charge in [0.25, 0.3) is 11.1 Å². The summed E-state index contributed by atoms with van der Waals surface area (Å²) >= 11 is 1.12. The van der Waals surface area contributed by atoms with Gasteiger partial charge in [0.1, 0.15) is 5.76 Å². The quantitative estimate of drug-likeness (QED) is 0.789. The number of likely N-dealkylation sites (N-methyl/N-ethyl adjacent to an activating group) is 2.